The average Bonchev–Trinajstić information content (AvgIpc) is 3.17. The third kappa shape index (κ3) is 3.36. The number of nitrogens with zero attached hydrogens (tertiary/aromatic N) is 2. The van der Waals surface area contributed by atoms with E-state index < -0.39 is 5.91 Å². The minimum absolute atomic E-state index is 0.00698. The fourth-order valence-corrected chi connectivity index (χ4v) is 4.42. The van der Waals surface area contributed by atoms with Gasteiger partial charge in [-0.25, -0.2) is 0 Å². The summed E-state index contributed by atoms with van der Waals surface area (Å²) in [5.74, 6) is -0.329. The SMILES string of the molecule is CN1CCN(C(=O)c2ccc3c(c2)[nH]c2c(C(N)=O)ccc(-c4ccc(O)cc4)c23)CC1. The Morgan fingerprint density at radius 1 is 0.969 bits per heavy atom. The molecular formula is C25H24N4O3. The molecule has 0 aliphatic carbocycles. The van der Waals surface area contributed by atoms with Crippen LogP contribution in [0.1, 0.15) is 20.7 Å². The number of H-pyrrole nitrogens is 1. The molecule has 2 amide bonds. The first kappa shape index (κ1) is 20.1. The van der Waals surface area contributed by atoms with Gasteiger partial charge in [-0.1, -0.05) is 24.3 Å². The molecule has 5 rings (SSSR count). The van der Waals surface area contributed by atoms with Gasteiger partial charge in [-0.3, -0.25) is 9.59 Å². The Hall–Kier alpha value is -3.84. The average molecular weight is 428 g/mol. The molecule has 32 heavy (non-hydrogen) atoms. The van der Waals surface area contributed by atoms with Gasteiger partial charge in [-0.2, -0.15) is 0 Å². The highest BCUT2D eigenvalue weighted by atomic mass is 16.3. The number of benzene rings is 3. The van der Waals surface area contributed by atoms with E-state index in [0.29, 0.717) is 29.7 Å². The molecule has 1 aliphatic rings. The minimum Gasteiger partial charge on any atom is -0.508 e. The van der Waals surface area contributed by atoms with Crippen LogP contribution < -0.4 is 5.73 Å². The Bertz CT molecular complexity index is 1350. The molecule has 1 fully saturated rings. The Morgan fingerprint density at radius 2 is 1.69 bits per heavy atom. The number of likely N-dealkylation sites (N-methyl/N-ethyl adjacent to an activating group) is 1. The van der Waals surface area contributed by atoms with Crippen molar-refractivity contribution in [3.63, 3.8) is 0 Å². The Labute approximate surface area is 185 Å². The Kier molecular flexibility index (Phi) is 4.83. The van der Waals surface area contributed by atoms with Crippen LogP contribution in [0.2, 0.25) is 0 Å². The molecule has 0 radical (unpaired) electrons. The second-order valence-electron chi connectivity index (χ2n) is 8.30. The summed E-state index contributed by atoms with van der Waals surface area (Å²) in [5.41, 5.74) is 9.88. The van der Waals surface area contributed by atoms with Gasteiger partial charge in [0.1, 0.15) is 5.75 Å². The van der Waals surface area contributed by atoms with Crippen molar-refractivity contribution in [1.82, 2.24) is 14.8 Å². The normalized spacial score (nSPS) is 14.8. The lowest BCUT2D eigenvalue weighted by Gasteiger charge is -2.32. The molecule has 7 nitrogen and oxygen atoms in total. The topological polar surface area (TPSA) is 103 Å². The second-order valence-corrected chi connectivity index (χ2v) is 8.30. The number of piperazine rings is 1. The van der Waals surface area contributed by atoms with E-state index >= 15 is 0 Å². The number of amides is 2. The van der Waals surface area contributed by atoms with Crippen molar-refractivity contribution >= 4 is 33.6 Å². The molecule has 0 bridgehead atoms. The number of phenols is 1. The summed E-state index contributed by atoms with van der Waals surface area (Å²) in [7, 11) is 2.06. The van der Waals surface area contributed by atoms with E-state index in [1.807, 2.05) is 41.3 Å². The number of nitrogens with one attached hydrogen (secondary N) is 1. The van der Waals surface area contributed by atoms with E-state index in [2.05, 4.69) is 16.9 Å². The lowest BCUT2D eigenvalue weighted by Crippen LogP contribution is -2.47. The quantitative estimate of drug-likeness (QED) is 0.466. The predicted molar refractivity (Wildman–Crippen MR) is 125 cm³/mol. The standard InChI is InChI=1S/C25H24N4O3/c1-28-10-12-29(13-11-28)25(32)16-4-7-19-21(14-16)27-23-20(24(26)31)9-8-18(22(19)23)15-2-5-17(30)6-3-15/h2-9,14,27,30H,10-13H2,1H3,(H2,26,31). The summed E-state index contributed by atoms with van der Waals surface area (Å²) in [6.07, 6.45) is 0. The zero-order valence-corrected chi connectivity index (χ0v) is 17.8. The van der Waals surface area contributed by atoms with Crippen molar-refractivity contribution in [2.75, 3.05) is 33.2 Å². The second kappa shape index (κ2) is 7.69. The third-order valence-corrected chi connectivity index (χ3v) is 6.24. The van der Waals surface area contributed by atoms with Crippen LogP contribution in [0.25, 0.3) is 32.9 Å². The smallest absolute Gasteiger partial charge is 0.254 e. The number of hydrogen-bond acceptors (Lipinski definition) is 4. The first-order valence-electron chi connectivity index (χ1n) is 10.6. The van der Waals surface area contributed by atoms with Crippen molar-refractivity contribution in [3.8, 4) is 16.9 Å². The van der Waals surface area contributed by atoms with Gasteiger partial charge in [0.05, 0.1) is 11.1 Å². The van der Waals surface area contributed by atoms with Crippen LogP contribution in [0.5, 0.6) is 5.75 Å². The van der Waals surface area contributed by atoms with Gasteiger partial charge in [0.25, 0.3) is 11.8 Å². The van der Waals surface area contributed by atoms with Crippen LogP contribution >= 0.6 is 0 Å². The number of nitrogens with two attached hydrogens (primary N) is 1. The third-order valence-electron chi connectivity index (χ3n) is 6.24. The molecule has 7 heteroatoms. The van der Waals surface area contributed by atoms with Crippen molar-refractivity contribution in [1.29, 1.82) is 0 Å². The molecule has 4 aromatic rings. The fourth-order valence-electron chi connectivity index (χ4n) is 4.42. The van der Waals surface area contributed by atoms with Crippen LogP contribution in [0.4, 0.5) is 0 Å². The number of aromatic amines is 1. The van der Waals surface area contributed by atoms with Crippen molar-refractivity contribution in [3.05, 3.63) is 65.7 Å². The Balaban J connectivity index is 1.66. The van der Waals surface area contributed by atoms with Crippen molar-refractivity contribution < 1.29 is 14.7 Å². The number of carbonyl (C=O) groups is 2. The molecule has 162 valence electrons. The molecule has 3 aromatic carbocycles. The molecule has 0 saturated carbocycles. The van der Waals surface area contributed by atoms with Crippen LogP contribution in [0, 0.1) is 0 Å². The summed E-state index contributed by atoms with van der Waals surface area (Å²) in [4.78, 5) is 32.6. The van der Waals surface area contributed by atoms with Gasteiger partial charge in [-0.15, -0.1) is 0 Å². The summed E-state index contributed by atoms with van der Waals surface area (Å²) in [6, 6.07) is 16.1. The van der Waals surface area contributed by atoms with Gasteiger partial charge in [0, 0.05) is 48.0 Å². The number of carbonyl (C=O) groups excluding carboxylic acids is 2. The number of aromatic nitrogens is 1. The van der Waals surface area contributed by atoms with Gasteiger partial charge in [0.2, 0.25) is 0 Å². The van der Waals surface area contributed by atoms with Gasteiger partial charge < -0.3 is 25.6 Å². The number of aromatic hydroxyl groups is 1. The van der Waals surface area contributed by atoms with E-state index in [0.717, 1.165) is 40.5 Å². The number of phenolic OH excluding ortho intramolecular Hbond substituents is 1. The lowest BCUT2D eigenvalue weighted by molar-refractivity contribution is 0.0664. The molecule has 1 aromatic heterocycles. The largest absolute Gasteiger partial charge is 0.508 e. The van der Waals surface area contributed by atoms with Gasteiger partial charge >= 0.3 is 0 Å². The molecule has 2 heterocycles. The van der Waals surface area contributed by atoms with Crippen LogP contribution in [0.3, 0.4) is 0 Å². The first-order valence-corrected chi connectivity index (χ1v) is 10.6. The molecule has 1 saturated heterocycles. The van der Waals surface area contributed by atoms with Crippen LogP contribution in [-0.2, 0) is 0 Å². The number of hydrogen-bond donors (Lipinski definition) is 3. The van der Waals surface area contributed by atoms with E-state index in [1.54, 1.807) is 18.2 Å². The number of fused-ring (bicyclic) bond motifs is 3. The molecule has 0 unspecified atom stereocenters. The van der Waals surface area contributed by atoms with Crippen LogP contribution in [-0.4, -0.2) is 64.9 Å². The molecule has 1 aliphatic heterocycles. The van der Waals surface area contributed by atoms with Gasteiger partial charge in [0.15, 0.2) is 0 Å². The molecule has 0 atom stereocenters. The Morgan fingerprint density at radius 3 is 2.38 bits per heavy atom. The summed E-state index contributed by atoms with van der Waals surface area (Å²) < 4.78 is 0. The summed E-state index contributed by atoms with van der Waals surface area (Å²) in [5, 5.41) is 11.4. The first-order chi connectivity index (χ1) is 15.4. The monoisotopic (exact) mass is 428 g/mol. The minimum atomic E-state index is -0.521. The zero-order valence-electron chi connectivity index (χ0n) is 17.8. The highest BCUT2D eigenvalue weighted by molar-refractivity contribution is 6.20. The maximum Gasteiger partial charge on any atom is 0.254 e. The van der Waals surface area contributed by atoms with Crippen molar-refractivity contribution in [2.24, 2.45) is 5.73 Å². The van der Waals surface area contributed by atoms with E-state index in [1.165, 1.54) is 0 Å². The fraction of sp³-hybridized carbons (Fsp3) is 0.200. The predicted octanol–water partition coefficient (Wildman–Crippen LogP) is 3.18. The maximum atomic E-state index is 13.1. The zero-order chi connectivity index (χ0) is 22.4. The van der Waals surface area contributed by atoms with Gasteiger partial charge in [-0.05, 0) is 48.5 Å². The summed E-state index contributed by atoms with van der Waals surface area (Å²) >= 11 is 0. The highest BCUT2D eigenvalue weighted by Gasteiger charge is 2.22. The molecular weight excluding hydrogens is 404 g/mol. The lowest BCUT2D eigenvalue weighted by atomic mass is 9.96. The van der Waals surface area contributed by atoms with E-state index in [-0.39, 0.29) is 11.7 Å². The summed E-state index contributed by atoms with van der Waals surface area (Å²) in [6.45, 7) is 3.13. The maximum absolute atomic E-state index is 13.1. The molecule has 4 N–H and O–H groups in total. The highest BCUT2D eigenvalue weighted by Crippen LogP contribution is 2.37. The van der Waals surface area contributed by atoms with Crippen molar-refractivity contribution in [2.45, 2.75) is 0 Å². The number of rotatable bonds is 3. The number of primary amides is 1. The van der Waals surface area contributed by atoms with Crippen LogP contribution in [0.15, 0.2) is 54.6 Å². The van der Waals surface area contributed by atoms with E-state index in [4.69, 9.17) is 5.73 Å². The van der Waals surface area contributed by atoms with E-state index in [9.17, 15) is 14.7 Å². The molecule has 0 spiro atoms.